The molecule has 6 aliphatic rings. The van der Waals surface area contributed by atoms with E-state index in [9.17, 15) is 4.79 Å². The second-order valence-electron chi connectivity index (χ2n) is 15.3. The van der Waals surface area contributed by atoms with Gasteiger partial charge in [-0.15, -0.1) is 0 Å². The summed E-state index contributed by atoms with van der Waals surface area (Å²) in [7, 11) is 0. The molecule has 10 atom stereocenters. The van der Waals surface area contributed by atoms with Crippen molar-refractivity contribution in [2.24, 2.45) is 52.3 Å². The van der Waals surface area contributed by atoms with Gasteiger partial charge in [-0.25, -0.2) is 0 Å². The van der Waals surface area contributed by atoms with E-state index in [1.54, 1.807) is 0 Å². The molecule has 4 aliphatic carbocycles. The number of rotatable bonds is 4. The lowest BCUT2D eigenvalue weighted by Crippen LogP contribution is -2.65. The number of carbonyl (C=O) groups is 1. The highest BCUT2D eigenvalue weighted by Gasteiger charge is 2.70. The fourth-order valence-corrected chi connectivity index (χ4v) is 10.7. The summed E-state index contributed by atoms with van der Waals surface area (Å²) in [6.45, 7) is 19.2. The van der Waals surface area contributed by atoms with Crippen molar-refractivity contribution in [3.05, 3.63) is 11.6 Å². The molecule has 1 unspecified atom stereocenters. The quantitative estimate of drug-likeness (QED) is 0.370. The summed E-state index contributed by atoms with van der Waals surface area (Å²) in [6, 6.07) is 0. The zero-order valence-electron chi connectivity index (χ0n) is 25.2. The predicted octanol–water partition coefficient (Wildman–Crippen LogP) is 6.94. The fourth-order valence-electron chi connectivity index (χ4n) is 10.7. The number of ketones is 1. The first kappa shape index (κ1) is 27.4. The van der Waals surface area contributed by atoms with Crippen molar-refractivity contribution in [1.82, 2.24) is 0 Å². The summed E-state index contributed by atoms with van der Waals surface area (Å²) >= 11 is 0. The van der Waals surface area contributed by atoms with Crippen LogP contribution in [0.2, 0.25) is 0 Å². The first-order chi connectivity index (χ1) is 17.8. The molecular formula is C33H52O5. The Morgan fingerprint density at radius 3 is 2.21 bits per heavy atom. The van der Waals surface area contributed by atoms with Crippen LogP contribution in [0.1, 0.15) is 100 Å². The number of fused-ring (bicyclic) bond motifs is 7. The van der Waals surface area contributed by atoms with E-state index in [0.717, 1.165) is 25.7 Å². The molecule has 5 nitrogen and oxygen atoms in total. The molecule has 0 N–H and O–H groups in total. The average molecular weight is 529 g/mol. The number of hydrogen-bond donors (Lipinski definition) is 0. The van der Waals surface area contributed by atoms with Crippen molar-refractivity contribution in [2.75, 3.05) is 13.2 Å². The van der Waals surface area contributed by atoms with Gasteiger partial charge in [0.05, 0.1) is 25.4 Å². The second kappa shape index (κ2) is 9.13. The summed E-state index contributed by atoms with van der Waals surface area (Å²) in [5.41, 5.74) is 1.51. The van der Waals surface area contributed by atoms with Gasteiger partial charge in [-0.3, -0.25) is 4.79 Å². The average Bonchev–Trinajstić information content (AvgIpc) is 3.51. The van der Waals surface area contributed by atoms with Crippen LogP contribution in [-0.4, -0.2) is 42.8 Å². The molecule has 1 spiro atoms. The van der Waals surface area contributed by atoms with Gasteiger partial charge in [-0.2, -0.15) is 0 Å². The van der Waals surface area contributed by atoms with Gasteiger partial charge in [-0.05, 0) is 106 Å². The lowest BCUT2D eigenvalue weighted by Gasteiger charge is -2.65. The highest BCUT2D eigenvalue weighted by molar-refractivity contribution is 5.92. The highest BCUT2D eigenvalue weighted by atomic mass is 16.8. The molecule has 0 bridgehead atoms. The van der Waals surface area contributed by atoms with E-state index in [-0.39, 0.29) is 29.0 Å². The van der Waals surface area contributed by atoms with E-state index in [0.29, 0.717) is 54.5 Å². The van der Waals surface area contributed by atoms with Gasteiger partial charge >= 0.3 is 0 Å². The maximum Gasteiger partial charge on any atom is 0.172 e. The molecule has 0 aromatic heterocycles. The molecule has 2 aliphatic heterocycles. The maximum absolute atomic E-state index is 13.4. The molecule has 6 rings (SSSR count). The molecule has 0 amide bonds. The first-order valence-corrected chi connectivity index (χ1v) is 15.7. The Kier molecular flexibility index (Phi) is 6.59. The monoisotopic (exact) mass is 528 g/mol. The molecule has 2 saturated heterocycles. The number of carbonyl (C=O) groups excluding carboxylic acids is 1. The second-order valence-corrected chi connectivity index (χ2v) is 15.3. The molecule has 0 radical (unpaired) electrons. The zero-order valence-corrected chi connectivity index (χ0v) is 25.2. The van der Waals surface area contributed by atoms with E-state index in [1.165, 1.54) is 24.8 Å². The third-order valence-corrected chi connectivity index (χ3v) is 12.7. The molecule has 0 aromatic carbocycles. The molecule has 214 valence electrons. The van der Waals surface area contributed by atoms with E-state index in [2.05, 4.69) is 55.4 Å². The lowest BCUT2D eigenvalue weighted by atomic mass is 9.42. The van der Waals surface area contributed by atoms with Gasteiger partial charge in [0, 0.05) is 18.3 Å². The van der Waals surface area contributed by atoms with Crippen LogP contribution in [-0.2, 0) is 23.7 Å². The molecule has 5 heteroatoms. The molecule has 0 aromatic rings. The predicted molar refractivity (Wildman–Crippen MR) is 147 cm³/mol. The van der Waals surface area contributed by atoms with Crippen LogP contribution in [0.3, 0.4) is 0 Å². The van der Waals surface area contributed by atoms with Crippen molar-refractivity contribution >= 4 is 5.78 Å². The largest absolute Gasteiger partial charge is 0.347 e. The van der Waals surface area contributed by atoms with Gasteiger partial charge in [0.1, 0.15) is 0 Å². The van der Waals surface area contributed by atoms with E-state index < -0.39 is 11.6 Å². The van der Waals surface area contributed by atoms with Crippen molar-refractivity contribution in [2.45, 2.75) is 124 Å². The van der Waals surface area contributed by atoms with Gasteiger partial charge < -0.3 is 18.9 Å². The molecule has 38 heavy (non-hydrogen) atoms. The molecular weight excluding hydrogens is 476 g/mol. The Hall–Kier alpha value is -0.750. The minimum Gasteiger partial charge on any atom is -0.347 e. The summed E-state index contributed by atoms with van der Waals surface area (Å²) in [5, 5.41) is 0. The Labute approximate surface area is 230 Å². The standard InChI is InChI=1S/C33H52O5/c1-19(2)20(3)15-26(34)21(4)23-9-10-24-22-17-33(35-13-14-36-33)29-16-27-28(38-30(5,6)37-27)18-32(29,8)25(22)11-12-31(23,24)7/h15,19,21-25,27-29H,9-14,16-18H2,1-8H3/b20-15+/t21-,22-,23+,24-,25-,27-,28+,29?,31+,32+/m0/s1. The fraction of sp³-hybridized carbons (Fsp3) is 0.909. The van der Waals surface area contributed by atoms with Crippen LogP contribution in [0.5, 0.6) is 0 Å². The Bertz CT molecular complexity index is 978. The third kappa shape index (κ3) is 4.03. The minimum absolute atomic E-state index is 0.0804. The van der Waals surface area contributed by atoms with Crippen LogP contribution in [0.15, 0.2) is 11.6 Å². The topological polar surface area (TPSA) is 54.0 Å². The summed E-state index contributed by atoms with van der Waals surface area (Å²) < 4.78 is 26.2. The minimum atomic E-state index is -0.516. The van der Waals surface area contributed by atoms with Crippen molar-refractivity contribution in [3.8, 4) is 0 Å². The lowest BCUT2D eigenvalue weighted by molar-refractivity contribution is -0.300. The van der Waals surface area contributed by atoms with Gasteiger partial charge in [0.15, 0.2) is 17.4 Å². The molecule has 2 heterocycles. The number of ether oxygens (including phenoxy) is 4. The summed E-state index contributed by atoms with van der Waals surface area (Å²) in [5.74, 6) is 2.44. The Morgan fingerprint density at radius 1 is 0.868 bits per heavy atom. The van der Waals surface area contributed by atoms with Crippen molar-refractivity contribution < 1.29 is 23.7 Å². The van der Waals surface area contributed by atoms with Crippen LogP contribution in [0.25, 0.3) is 0 Å². The smallest absolute Gasteiger partial charge is 0.172 e. The SMILES string of the molecule is C/C(=C\C(=O)[C@@H](C)[C@H]1CC[C@H]2[C@@H]3CC4(OCCO4)C4C[C@@H]5OC(C)(C)O[C@@H]5C[C@]4(C)[C@H]3CC[C@]12C)C(C)C. The Morgan fingerprint density at radius 2 is 1.53 bits per heavy atom. The van der Waals surface area contributed by atoms with Crippen LogP contribution in [0.4, 0.5) is 0 Å². The highest BCUT2D eigenvalue weighted by Crippen LogP contribution is 2.71. The molecule has 4 saturated carbocycles. The number of allylic oxidation sites excluding steroid dienone is 2. The summed E-state index contributed by atoms with van der Waals surface area (Å²) in [4.78, 5) is 13.4. The molecule has 6 fully saturated rings. The summed E-state index contributed by atoms with van der Waals surface area (Å²) in [6.07, 6.45) is 10.1. The van der Waals surface area contributed by atoms with Crippen LogP contribution >= 0.6 is 0 Å². The van der Waals surface area contributed by atoms with E-state index >= 15 is 0 Å². The van der Waals surface area contributed by atoms with Crippen LogP contribution in [0, 0.1) is 52.3 Å². The third-order valence-electron chi connectivity index (χ3n) is 12.7. The van der Waals surface area contributed by atoms with E-state index in [1.807, 2.05) is 6.08 Å². The van der Waals surface area contributed by atoms with Crippen molar-refractivity contribution in [1.29, 1.82) is 0 Å². The normalized spacial score (nSPS) is 47.9. The van der Waals surface area contributed by atoms with Crippen LogP contribution < -0.4 is 0 Å². The maximum atomic E-state index is 13.4. The van der Waals surface area contributed by atoms with Gasteiger partial charge in [0.2, 0.25) is 0 Å². The van der Waals surface area contributed by atoms with E-state index in [4.69, 9.17) is 18.9 Å². The first-order valence-electron chi connectivity index (χ1n) is 15.7. The Balaban J connectivity index is 1.30. The van der Waals surface area contributed by atoms with Gasteiger partial charge in [-0.1, -0.05) is 40.2 Å². The number of hydrogen-bond acceptors (Lipinski definition) is 5. The van der Waals surface area contributed by atoms with Crippen molar-refractivity contribution in [3.63, 3.8) is 0 Å². The zero-order chi connectivity index (χ0) is 27.3. The van der Waals surface area contributed by atoms with Gasteiger partial charge in [0.25, 0.3) is 0 Å².